The Labute approximate surface area is 118 Å². The standard InChI is InChI=1S/C12H10ClN3O2S/c1-6-3-8(4-10(13)14-6)11(18)16-12-15-9(5-19-12)7(2)17/h3-5H,1-2H3,(H,15,16,18). The summed E-state index contributed by atoms with van der Waals surface area (Å²) in [4.78, 5) is 31.1. The van der Waals surface area contributed by atoms with Crippen molar-refractivity contribution in [2.45, 2.75) is 13.8 Å². The first-order valence-electron chi connectivity index (χ1n) is 5.37. The second kappa shape index (κ2) is 5.46. The lowest BCUT2D eigenvalue weighted by molar-refractivity contribution is 0.100. The van der Waals surface area contributed by atoms with Crippen molar-refractivity contribution >= 4 is 39.8 Å². The number of carbonyl (C=O) groups excluding carboxylic acids is 2. The molecule has 0 aliphatic heterocycles. The maximum absolute atomic E-state index is 12.0. The third kappa shape index (κ3) is 3.36. The van der Waals surface area contributed by atoms with E-state index in [0.29, 0.717) is 22.1 Å². The van der Waals surface area contributed by atoms with Crippen LogP contribution in [0.3, 0.4) is 0 Å². The zero-order valence-corrected chi connectivity index (χ0v) is 11.8. The molecule has 2 aromatic rings. The van der Waals surface area contributed by atoms with Gasteiger partial charge in [0.2, 0.25) is 0 Å². The van der Waals surface area contributed by atoms with E-state index in [1.807, 2.05) is 0 Å². The Kier molecular flexibility index (Phi) is 3.92. The predicted molar refractivity (Wildman–Crippen MR) is 74.1 cm³/mol. The number of carbonyl (C=O) groups is 2. The lowest BCUT2D eigenvalue weighted by atomic mass is 10.2. The summed E-state index contributed by atoms with van der Waals surface area (Å²) >= 11 is 6.99. The van der Waals surface area contributed by atoms with Gasteiger partial charge in [-0.1, -0.05) is 11.6 Å². The molecule has 0 aromatic carbocycles. The van der Waals surface area contributed by atoms with Gasteiger partial charge in [0.15, 0.2) is 10.9 Å². The van der Waals surface area contributed by atoms with Gasteiger partial charge in [-0.3, -0.25) is 14.9 Å². The molecule has 0 fully saturated rings. The number of Topliss-reactive ketones (excluding diaryl/α,β-unsaturated/α-hetero) is 1. The van der Waals surface area contributed by atoms with Gasteiger partial charge in [-0.05, 0) is 19.1 Å². The molecule has 2 aromatic heterocycles. The number of hydrogen-bond donors (Lipinski definition) is 1. The van der Waals surface area contributed by atoms with Gasteiger partial charge < -0.3 is 0 Å². The molecule has 1 N–H and O–H groups in total. The van der Waals surface area contributed by atoms with E-state index in [9.17, 15) is 9.59 Å². The van der Waals surface area contributed by atoms with E-state index in [2.05, 4.69) is 15.3 Å². The first-order chi connectivity index (χ1) is 8.95. The molecule has 0 aliphatic rings. The number of rotatable bonds is 3. The Morgan fingerprint density at radius 1 is 1.32 bits per heavy atom. The van der Waals surface area contributed by atoms with Crippen LogP contribution in [-0.2, 0) is 0 Å². The molecule has 0 radical (unpaired) electrons. The Hall–Kier alpha value is -1.79. The number of halogens is 1. The summed E-state index contributed by atoms with van der Waals surface area (Å²) in [7, 11) is 0. The minimum absolute atomic E-state index is 0.139. The van der Waals surface area contributed by atoms with E-state index in [0.717, 1.165) is 0 Å². The highest BCUT2D eigenvalue weighted by atomic mass is 35.5. The maximum atomic E-state index is 12.0. The average molecular weight is 296 g/mol. The number of aromatic nitrogens is 2. The molecule has 0 unspecified atom stereocenters. The van der Waals surface area contributed by atoms with Crippen LogP contribution in [0.15, 0.2) is 17.5 Å². The average Bonchev–Trinajstić information content (AvgIpc) is 2.76. The van der Waals surface area contributed by atoms with E-state index < -0.39 is 0 Å². The summed E-state index contributed by atoms with van der Waals surface area (Å²) in [6.07, 6.45) is 0. The lowest BCUT2D eigenvalue weighted by Crippen LogP contribution is -2.12. The van der Waals surface area contributed by atoms with Crippen molar-refractivity contribution < 1.29 is 9.59 Å². The molecule has 0 saturated carbocycles. The predicted octanol–water partition coefficient (Wildman–Crippen LogP) is 2.95. The number of aryl methyl sites for hydroxylation is 1. The van der Waals surface area contributed by atoms with E-state index in [4.69, 9.17) is 11.6 Å². The van der Waals surface area contributed by atoms with Crippen molar-refractivity contribution in [1.82, 2.24) is 9.97 Å². The van der Waals surface area contributed by atoms with Gasteiger partial charge in [-0.2, -0.15) is 0 Å². The third-order valence-electron chi connectivity index (χ3n) is 2.27. The highest BCUT2D eigenvalue weighted by Crippen LogP contribution is 2.18. The topological polar surface area (TPSA) is 72.0 Å². The first-order valence-corrected chi connectivity index (χ1v) is 6.63. The summed E-state index contributed by atoms with van der Waals surface area (Å²) in [5.41, 5.74) is 1.39. The molecule has 0 atom stereocenters. The molecule has 2 heterocycles. The normalized spacial score (nSPS) is 10.3. The van der Waals surface area contributed by atoms with Gasteiger partial charge in [-0.15, -0.1) is 11.3 Å². The highest BCUT2D eigenvalue weighted by Gasteiger charge is 2.12. The van der Waals surface area contributed by atoms with Gasteiger partial charge in [0.1, 0.15) is 10.8 Å². The number of amides is 1. The fraction of sp³-hybridized carbons (Fsp3) is 0.167. The summed E-state index contributed by atoms with van der Waals surface area (Å²) in [5, 5.41) is 4.85. The van der Waals surface area contributed by atoms with Crippen molar-refractivity contribution in [3.05, 3.63) is 39.6 Å². The molecular formula is C12H10ClN3O2S. The van der Waals surface area contributed by atoms with Gasteiger partial charge in [-0.25, -0.2) is 9.97 Å². The summed E-state index contributed by atoms with van der Waals surface area (Å²) in [5.74, 6) is -0.476. The third-order valence-corrected chi connectivity index (χ3v) is 3.22. The van der Waals surface area contributed by atoms with Crippen molar-refractivity contribution in [3.63, 3.8) is 0 Å². The van der Waals surface area contributed by atoms with Gasteiger partial charge >= 0.3 is 0 Å². The molecule has 1 amide bonds. The Morgan fingerprint density at radius 3 is 2.63 bits per heavy atom. The monoisotopic (exact) mass is 295 g/mol. The zero-order chi connectivity index (χ0) is 14.0. The smallest absolute Gasteiger partial charge is 0.257 e. The first kappa shape index (κ1) is 13.6. The fourth-order valence-electron chi connectivity index (χ4n) is 1.42. The van der Waals surface area contributed by atoms with Crippen LogP contribution in [0.5, 0.6) is 0 Å². The molecule has 0 bridgehead atoms. The molecular weight excluding hydrogens is 286 g/mol. The molecule has 0 saturated heterocycles. The van der Waals surface area contributed by atoms with Crippen LogP contribution in [0.1, 0.15) is 33.5 Å². The van der Waals surface area contributed by atoms with Crippen molar-refractivity contribution in [2.24, 2.45) is 0 Å². The van der Waals surface area contributed by atoms with Gasteiger partial charge in [0.25, 0.3) is 5.91 Å². The molecule has 98 valence electrons. The van der Waals surface area contributed by atoms with Gasteiger partial charge in [0, 0.05) is 23.6 Å². The van der Waals surface area contributed by atoms with Crippen LogP contribution in [-0.4, -0.2) is 21.7 Å². The molecule has 19 heavy (non-hydrogen) atoms. The number of thiazole rings is 1. The van der Waals surface area contributed by atoms with Crippen LogP contribution >= 0.6 is 22.9 Å². The van der Waals surface area contributed by atoms with Crippen LogP contribution in [0.25, 0.3) is 0 Å². The summed E-state index contributed by atoms with van der Waals surface area (Å²) in [6, 6.07) is 3.10. The summed E-state index contributed by atoms with van der Waals surface area (Å²) < 4.78 is 0. The van der Waals surface area contributed by atoms with Crippen LogP contribution < -0.4 is 5.32 Å². The van der Waals surface area contributed by atoms with Crippen molar-refractivity contribution in [1.29, 1.82) is 0 Å². The van der Waals surface area contributed by atoms with Crippen LogP contribution in [0.2, 0.25) is 5.15 Å². The number of pyridine rings is 1. The second-order valence-electron chi connectivity index (χ2n) is 3.87. The van der Waals surface area contributed by atoms with E-state index in [-0.39, 0.29) is 16.8 Å². The summed E-state index contributed by atoms with van der Waals surface area (Å²) in [6.45, 7) is 3.17. The minimum Gasteiger partial charge on any atom is -0.298 e. The fourth-order valence-corrected chi connectivity index (χ4v) is 2.42. The number of nitrogens with zero attached hydrogens (tertiary/aromatic N) is 2. The highest BCUT2D eigenvalue weighted by molar-refractivity contribution is 7.14. The lowest BCUT2D eigenvalue weighted by Gasteiger charge is -2.03. The molecule has 0 aliphatic carbocycles. The maximum Gasteiger partial charge on any atom is 0.257 e. The van der Waals surface area contributed by atoms with Crippen LogP contribution in [0.4, 0.5) is 5.13 Å². The number of anilines is 1. The molecule has 2 rings (SSSR count). The Balaban J connectivity index is 2.18. The zero-order valence-electron chi connectivity index (χ0n) is 10.2. The molecule has 7 heteroatoms. The van der Waals surface area contributed by atoms with Crippen molar-refractivity contribution in [3.8, 4) is 0 Å². The minimum atomic E-state index is -0.336. The Bertz CT molecular complexity index is 634. The number of hydrogen-bond acceptors (Lipinski definition) is 5. The Morgan fingerprint density at radius 2 is 2.05 bits per heavy atom. The van der Waals surface area contributed by atoms with E-state index >= 15 is 0 Å². The van der Waals surface area contributed by atoms with Gasteiger partial charge in [0.05, 0.1) is 0 Å². The SMILES string of the molecule is CC(=O)c1csc(NC(=O)c2cc(C)nc(Cl)c2)n1. The molecule has 0 spiro atoms. The largest absolute Gasteiger partial charge is 0.298 e. The quantitative estimate of drug-likeness (QED) is 0.698. The number of ketones is 1. The second-order valence-corrected chi connectivity index (χ2v) is 5.11. The van der Waals surface area contributed by atoms with E-state index in [1.165, 1.54) is 24.3 Å². The van der Waals surface area contributed by atoms with Crippen LogP contribution in [0, 0.1) is 6.92 Å². The molecule has 5 nitrogen and oxygen atoms in total. The number of nitrogens with one attached hydrogen (secondary N) is 1. The van der Waals surface area contributed by atoms with Crippen molar-refractivity contribution in [2.75, 3.05) is 5.32 Å². The van der Waals surface area contributed by atoms with E-state index in [1.54, 1.807) is 18.4 Å².